The molecule has 8 heavy (non-hydrogen) atoms. The molecule has 0 aromatic heterocycles. The van der Waals surface area contributed by atoms with Gasteiger partial charge in [-0.2, -0.15) is 11.8 Å². The maximum absolute atomic E-state index is 3.34. The lowest BCUT2D eigenvalue weighted by atomic mass is 10.1. The molecule has 2 heteroatoms. The van der Waals surface area contributed by atoms with Crippen LogP contribution in [0.15, 0.2) is 0 Å². The first kappa shape index (κ1) is 6.43. The summed E-state index contributed by atoms with van der Waals surface area (Å²) in [6.07, 6.45) is 3.52. The van der Waals surface area contributed by atoms with Gasteiger partial charge in [-0.15, -0.1) is 0 Å². The van der Waals surface area contributed by atoms with E-state index in [0.29, 0.717) is 4.75 Å². The molecule has 0 aromatic carbocycles. The van der Waals surface area contributed by atoms with Crippen molar-refractivity contribution in [1.29, 1.82) is 0 Å². The van der Waals surface area contributed by atoms with Gasteiger partial charge in [-0.05, 0) is 26.1 Å². The third-order valence-electron chi connectivity index (χ3n) is 1.82. The summed E-state index contributed by atoms with van der Waals surface area (Å²) in [5, 5.41) is 3.34. The summed E-state index contributed by atoms with van der Waals surface area (Å²) in [5.74, 6) is 0. The van der Waals surface area contributed by atoms with Gasteiger partial charge in [0.25, 0.3) is 0 Å². The van der Waals surface area contributed by atoms with Crippen molar-refractivity contribution in [3.05, 3.63) is 0 Å². The third kappa shape index (κ3) is 1.17. The van der Waals surface area contributed by atoms with Crippen molar-refractivity contribution in [2.75, 3.05) is 19.3 Å². The van der Waals surface area contributed by atoms with Crippen LogP contribution in [0.1, 0.15) is 13.3 Å². The van der Waals surface area contributed by atoms with Crippen molar-refractivity contribution in [3.63, 3.8) is 0 Å². The molecule has 1 heterocycles. The molecule has 0 radical (unpaired) electrons. The molecule has 48 valence electrons. The minimum Gasteiger partial charge on any atom is -0.315 e. The molecule has 1 saturated heterocycles. The van der Waals surface area contributed by atoms with Gasteiger partial charge in [-0.25, -0.2) is 0 Å². The van der Waals surface area contributed by atoms with Gasteiger partial charge < -0.3 is 5.32 Å². The Morgan fingerprint density at radius 3 is 2.62 bits per heavy atom. The fourth-order valence-electron chi connectivity index (χ4n) is 0.968. The van der Waals surface area contributed by atoms with Crippen LogP contribution < -0.4 is 5.32 Å². The molecular formula is C6H13NS. The summed E-state index contributed by atoms with van der Waals surface area (Å²) < 4.78 is 0.542. The van der Waals surface area contributed by atoms with E-state index in [-0.39, 0.29) is 0 Å². The number of rotatable bonds is 1. The van der Waals surface area contributed by atoms with E-state index >= 15 is 0 Å². The number of hydrogen-bond acceptors (Lipinski definition) is 2. The highest BCUT2D eigenvalue weighted by atomic mass is 32.2. The average molecular weight is 131 g/mol. The lowest BCUT2D eigenvalue weighted by Crippen LogP contribution is -2.22. The predicted molar refractivity (Wildman–Crippen MR) is 39.4 cm³/mol. The van der Waals surface area contributed by atoms with E-state index in [9.17, 15) is 0 Å². The van der Waals surface area contributed by atoms with Gasteiger partial charge in [-0.3, -0.25) is 0 Å². The zero-order valence-corrected chi connectivity index (χ0v) is 6.35. The Hall–Kier alpha value is 0.310. The molecule has 0 saturated carbocycles. The van der Waals surface area contributed by atoms with Crippen molar-refractivity contribution in [1.82, 2.24) is 5.32 Å². The fourth-order valence-corrected chi connectivity index (χ4v) is 1.52. The van der Waals surface area contributed by atoms with E-state index in [2.05, 4.69) is 18.5 Å². The molecule has 0 bridgehead atoms. The maximum atomic E-state index is 3.34. The molecule has 1 fully saturated rings. The molecule has 0 unspecified atom stereocenters. The molecule has 0 aromatic rings. The van der Waals surface area contributed by atoms with Crippen molar-refractivity contribution < 1.29 is 0 Å². The monoisotopic (exact) mass is 131 g/mol. The van der Waals surface area contributed by atoms with Crippen LogP contribution in [0.3, 0.4) is 0 Å². The Bertz CT molecular complexity index is 76.6. The molecule has 0 amide bonds. The minimum atomic E-state index is 0.542. The first-order valence-corrected chi connectivity index (χ1v) is 4.25. The second kappa shape index (κ2) is 2.28. The molecule has 1 atom stereocenters. The molecule has 1 aliphatic rings. The van der Waals surface area contributed by atoms with Crippen LogP contribution in [0, 0.1) is 0 Å². The summed E-state index contributed by atoms with van der Waals surface area (Å²) in [6.45, 7) is 4.71. The number of hydrogen-bond donors (Lipinski definition) is 1. The van der Waals surface area contributed by atoms with Gasteiger partial charge in [0.05, 0.1) is 0 Å². The van der Waals surface area contributed by atoms with Gasteiger partial charge >= 0.3 is 0 Å². The van der Waals surface area contributed by atoms with E-state index in [1.54, 1.807) is 0 Å². The molecule has 0 aliphatic carbocycles. The zero-order valence-electron chi connectivity index (χ0n) is 5.53. The fraction of sp³-hybridized carbons (Fsp3) is 1.00. The summed E-state index contributed by atoms with van der Waals surface area (Å²) in [7, 11) is 0. The summed E-state index contributed by atoms with van der Waals surface area (Å²) in [5.41, 5.74) is 0. The van der Waals surface area contributed by atoms with Crippen molar-refractivity contribution in [2.45, 2.75) is 18.1 Å². The quantitative estimate of drug-likeness (QED) is 0.572. The third-order valence-corrected chi connectivity index (χ3v) is 3.16. The van der Waals surface area contributed by atoms with Crippen LogP contribution in [-0.2, 0) is 0 Å². The van der Waals surface area contributed by atoms with Crippen LogP contribution >= 0.6 is 11.8 Å². The lowest BCUT2D eigenvalue weighted by molar-refractivity contribution is 0.714. The Morgan fingerprint density at radius 2 is 2.38 bits per heavy atom. The topological polar surface area (TPSA) is 12.0 Å². The van der Waals surface area contributed by atoms with Crippen LogP contribution in [0.2, 0.25) is 0 Å². The average Bonchev–Trinajstić information content (AvgIpc) is 2.17. The molecule has 1 nitrogen and oxygen atoms in total. The van der Waals surface area contributed by atoms with E-state index in [1.807, 2.05) is 11.8 Å². The van der Waals surface area contributed by atoms with Crippen LogP contribution in [0.4, 0.5) is 0 Å². The highest BCUT2D eigenvalue weighted by molar-refractivity contribution is 8.00. The second-order valence-corrected chi connectivity index (χ2v) is 3.97. The maximum Gasteiger partial charge on any atom is 0.0265 e. The van der Waals surface area contributed by atoms with Crippen molar-refractivity contribution >= 4 is 11.8 Å². The normalized spacial score (nSPS) is 38.2. The standard InChI is InChI=1S/C6H13NS/c1-6(8-2)3-4-7-5-6/h7H,3-5H2,1-2H3/t6-/m0/s1. The summed E-state index contributed by atoms with van der Waals surface area (Å²) in [4.78, 5) is 0. The molecule has 1 N–H and O–H groups in total. The van der Waals surface area contributed by atoms with Crippen molar-refractivity contribution in [3.8, 4) is 0 Å². The Kier molecular flexibility index (Phi) is 1.83. The molecule has 0 spiro atoms. The van der Waals surface area contributed by atoms with Crippen LogP contribution in [0.25, 0.3) is 0 Å². The Labute approximate surface area is 55.2 Å². The largest absolute Gasteiger partial charge is 0.315 e. The molecular weight excluding hydrogens is 118 g/mol. The summed E-state index contributed by atoms with van der Waals surface area (Å²) in [6, 6.07) is 0. The SMILES string of the molecule is CS[C@@]1(C)CCNC1. The van der Waals surface area contributed by atoms with Crippen LogP contribution in [-0.4, -0.2) is 24.1 Å². The van der Waals surface area contributed by atoms with E-state index in [0.717, 1.165) is 0 Å². The first-order chi connectivity index (χ1) is 3.77. The van der Waals surface area contributed by atoms with Gasteiger partial charge in [0.15, 0.2) is 0 Å². The predicted octanol–water partition coefficient (Wildman–Crippen LogP) is 1.10. The van der Waals surface area contributed by atoms with E-state index < -0.39 is 0 Å². The Morgan fingerprint density at radius 1 is 1.62 bits per heavy atom. The van der Waals surface area contributed by atoms with Crippen LogP contribution in [0.5, 0.6) is 0 Å². The van der Waals surface area contributed by atoms with Gasteiger partial charge in [0.2, 0.25) is 0 Å². The smallest absolute Gasteiger partial charge is 0.0265 e. The number of nitrogens with one attached hydrogen (secondary N) is 1. The highest BCUT2D eigenvalue weighted by Gasteiger charge is 2.26. The van der Waals surface area contributed by atoms with Gasteiger partial charge in [0.1, 0.15) is 0 Å². The Balaban J connectivity index is 2.40. The van der Waals surface area contributed by atoms with E-state index in [4.69, 9.17) is 0 Å². The van der Waals surface area contributed by atoms with E-state index in [1.165, 1.54) is 19.5 Å². The zero-order chi connectivity index (χ0) is 6.04. The van der Waals surface area contributed by atoms with Gasteiger partial charge in [0, 0.05) is 11.3 Å². The summed E-state index contributed by atoms with van der Waals surface area (Å²) >= 11 is 1.97. The minimum absolute atomic E-state index is 0.542. The molecule has 1 aliphatic heterocycles. The first-order valence-electron chi connectivity index (χ1n) is 3.03. The van der Waals surface area contributed by atoms with Gasteiger partial charge in [-0.1, -0.05) is 0 Å². The van der Waals surface area contributed by atoms with Crippen molar-refractivity contribution in [2.24, 2.45) is 0 Å². The highest BCUT2D eigenvalue weighted by Crippen LogP contribution is 2.27. The lowest BCUT2D eigenvalue weighted by Gasteiger charge is -2.18. The second-order valence-electron chi connectivity index (χ2n) is 2.58. The number of thioether (sulfide) groups is 1. The molecule has 1 rings (SSSR count).